The topological polar surface area (TPSA) is 81.8 Å². The second-order valence-electron chi connectivity index (χ2n) is 6.15. The number of nitrogens with zero attached hydrogens (tertiary/aromatic N) is 2. The Morgan fingerprint density at radius 3 is 2.62 bits per heavy atom. The summed E-state index contributed by atoms with van der Waals surface area (Å²) in [4.78, 5) is 36.0. The summed E-state index contributed by atoms with van der Waals surface area (Å²) in [5.74, 6) is 1.32. The van der Waals surface area contributed by atoms with Crippen LogP contribution in [0.1, 0.15) is 34.9 Å². The molecule has 1 aromatic carbocycles. The molecule has 1 saturated heterocycles. The molecular weight excluding hydrogens is 304 g/mol. The van der Waals surface area contributed by atoms with Gasteiger partial charge in [-0.1, -0.05) is 12.1 Å². The van der Waals surface area contributed by atoms with Gasteiger partial charge in [0, 0.05) is 31.3 Å². The zero-order valence-corrected chi connectivity index (χ0v) is 13.2. The standard InChI is InChI=1S/C18H18N4O2/c23-16-6-5-13(11-19-16)18(24)22-9-7-12(8-10-22)17-20-14-3-1-2-4-15(14)21-17/h1-6,11-12H,7-10H2,(H,19,23)(H,20,21). The number of carbonyl (C=O) groups is 1. The minimum Gasteiger partial charge on any atom is -0.342 e. The second kappa shape index (κ2) is 5.96. The number of hydrogen-bond acceptors (Lipinski definition) is 3. The second-order valence-corrected chi connectivity index (χ2v) is 6.15. The summed E-state index contributed by atoms with van der Waals surface area (Å²) in [6.45, 7) is 1.39. The van der Waals surface area contributed by atoms with Crippen molar-refractivity contribution >= 4 is 16.9 Å². The summed E-state index contributed by atoms with van der Waals surface area (Å²) >= 11 is 0. The Hall–Kier alpha value is -2.89. The summed E-state index contributed by atoms with van der Waals surface area (Å²) in [5.41, 5.74) is 2.37. The Bertz CT molecular complexity index is 882. The first-order valence-corrected chi connectivity index (χ1v) is 8.13. The van der Waals surface area contributed by atoms with E-state index in [1.807, 2.05) is 29.2 Å². The molecule has 6 heteroatoms. The molecule has 1 fully saturated rings. The van der Waals surface area contributed by atoms with Gasteiger partial charge in [0.15, 0.2) is 0 Å². The van der Waals surface area contributed by atoms with E-state index >= 15 is 0 Å². The largest absolute Gasteiger partial charge is 0.342 e. The third-order valence-corrected chi connectivity index (χ3v) is 4.61. The zero-order valence-electron chi connectivity index (χ0n) is 13.2. The van der Waals surface area contributed by atoms with Gasteiger partial charge in [-0.2, -0.15) is 0 Å². The fourth-order valence-corrected chi connectivity index (χ4v) is 3.25. The van der Waals surface area contributed by atoms with Crippen molar-refractivity contribution in [3.05, 3.63) is 64.3 Å². The van der Waals surface area contributed by atoms with Crippen LogP contribution in [0.3, 0.4) is 0 Å². The van der Waals surface area contributed by atoms with Gasteiger partial charge < -0.3 is 14.9 Å². The van der Waals surface area contributed by atoms with Crippen LogP contribution in [0.2, 0.25) is 0 Å². The van der Waals surface area contributed by atoms with Crippen LogP contribution in [-0.2, 0) is 0 Å². The number of amides is 1. The Labute approximate surface area is 138 Å². The molecule has 0 radical (unpaired) electrons. The highest BCUT2D eigenvalue weighted by Crippen LogP contribution is 2.28. The van der Waals surface area contributed by atoms with Gasteiger partial charge in [0.2, 0.25) is 5.56 Å². The monoisotopic (exact) mass is 322 g/mol. The van der Waals surface area contributed by atoms with Crippen LogP contribution in [-0.4, -0.2) is 38.8 Å². The number of pyridine rings is 1. The van der Waals surface area contributed by atoms with Gasteiger partial charge in [-0.25, -0.2) is 4.98 Å². The maximum Gasteiger partial charge on any atom is 0.255 e. The molecular formula is C18H18N4O2. The van der Waals surface area contributed by atoms with E-state index < -0.39 is 0 Å². The molecule has 3 heterocycles. The summed E-state index contributed by atoms with van der Waals surface area (Å²) in [6.07, 6.45) is 3.25. The highest BCUT2D eigenvalue weighted by Gasteiger charge is 2.26. The molecule has 0 saturated carbocycles. The number of aromatic amines is 2. The van der Waals surface area contributed by atoms with Crippen LogP contribution in [0, 0.1) is 0 Å². The molecule has 0 atom stereocenters. The fraction of sp³-hybridized carbons (Fsp3) is 0.278. The van der Waals surface area contributed by atoms with Crippen molar-refractivity contribution in [2.24, 2.45) is 0 Å². The average molecular weight is 322 g/mol. The lowest BCUT2D eigenvalue weighted by Gasteiger charge is -2.31. The van der Waals surface area contributed by atoms with E-state index in [0.29, 0.717) is 24.6 Å². The normalized spacial score (nSPS) is 15.8. The van der Waals surface area contributed by atoms with Gasteiger partial charge >= 0.3 is 0 Å². The number of benzene rings is 1. The van der Waals surface area contributed by atoms with Crippen LogP contribution in [0.15, 0.2) is 47.4 Å². The third kappa shape index (κ3) is 2.71. The van der Waals surface area contributed by atoms with E-state index in [1.54, 1.807) is 6.07 Å². The molecule has 1 aliphatic rings. The molecule has 122 valence electrons. The maximum atomic E-state index is 12.5. The van der Waals surface area contributed by atoms with E-state index in [9.17, 15) is 9.59 Å². The predicted molar refractivity (Wildman–Crippen MR) is 91.0 cm³/mol. The molecule has 1 aliphatic heterocycles. The Kier molecular flexibility index (Phi) is 3.65. The van der Waals surface area contributed by atoms with E-state index in [2.05, 4.69) is 15.0 Å². The lowest BCUT2D eigenvalue weighted by atomic mass is 9.96. The van der Waals surface area contributed by atoms with Gasteiger partial charge in [-0.3, -0.25) is 9.59 Å². The zero-order chi connectivity index (χ0) is 16.5. The van der Waals surface area contributed by atoms with Crippen molar-refractivity contribution < 1.29 is 4.79 Å². The molecule has 2 aromatic heterocycles. The highest BCUT2D eigenvalue weighted by atomic mass is 16.2. The number of H-pyrrole nitrogens is 2. The first kappa shape index (κ1) is 14.7. The predicted octanol–water partition coefficient (Wildman–Crippen LogP) is 2.27. The van der Waals surface area contributed by atoms with E-state index in [-0.39, 0.29) is 11.5 Å². The number of piperidine rings is 1. The number of aromatic nitrogens is 3. The van der Waals surface area contributed by atoms with E-state index in [4.69, 9.17) is 0 Å². The van der Waals surface area contributed by atoms with Crippen LogP contribution >= 0.6 is 0 Å². The number of fused-ring (bicyclic) bond motifs is 1. The Morgan fingerprint density at radius 1 is 1.12 bits per heavy atom. The van der Waals surface area contributed by atoms with Crippen molar-refractivity contribution in [3.8, 4) is 0 Å². The van der Waals surface area contributed by atoms with Gasteiger partial charge in [-0.05, 0) is 31.0 Å². The minimum absolute atomic E-state index is 0.0330. The quantitative estimate of drug-likeness (QED) is 0.759. The number of rotatable bonds is 2. The molecule has 1 amide bonds. The SMILES string of the molecule is O=C(c1ccc(=O)[nH]c1)N1CCC(c2nc3ccccc3[nH]2)CC1. The van der Waals surface area contributed by atoms with Gasteiger partial charge in [0.1, 0.15) is 5.82 Å². The number of hydrogen-bond donors (Lipinski definition) is 2. The molecule has 0 spiro atoms. The van der Waals surface area contributed by atoms with Gasteiger partial charge in [-0.15, -0.1) is 0 Å². The molecule has 4 rings (SSSR count). The van der Waals surface area contributed by atoms with Gasteiger partial charge in [0.25, 0.3) is 5.91 Å². The molecule has 0 bridgehead atoms. The molecule has 0 unspecified atom stereocenters. The third-order valence-electron chi connectivity index (χ3n) is 4.61. The number of para-hydroxylation sites is 2. The highest BCUT2D eigenvalue weighted by molar-refractivity contribution is 5.93. The lowest BCUT2D eigenvalue weighted by Crippen LogP contribution is -2.38. The number of carbonyl (C=O) groups excluding carboxylic acids is 1. The molecule has 24 heavy (non-hydrogen) atoms. The van der Waals surface area contributed by atoms with Crippen molar-refractivity contribution in [1.29, 1.82) is 0 Å². The smallest absolute Gasteiger partial charge is 0.255 e. The summed E-state index contributed by atoms with van der Waals surface area (Å²) in [7, 11) is 0. The molecule has 2 N–H and O–H groups in total. The number of imidazole rings is 1. The van der Waals surface area contributed by atoms with Crippen molar-refractivity contribution in [2.75, 3.05) is 13.1 Å². The number of likely N-dealkylation sites (tertiary alicyclic amines) is 1. The Morgan fingerprint density at radius 2 is 1.92 bits per heavy atom. The van der Waals surface area contributed by atoms with Crippen LogP contribution in [0.4, 0.5) is 0 Å². The molecule has 6 nitrogen and oxygen atoms in total. The van der Waals surface area contributed by atoms with Crippen molar-refractivity contribution in [2.45, 2.75) is 18.8 Å². The van der Waals surface area contributed by atoms with Crippen LogP contribution in [0.5, 0.6) is 0 Å². The van der Waals surface area contributed by atoms with E-state index in [0.717, 1.165) is 29.7 Å². The van der Waals surface area contributed by atoms with Gasteiger partial charge in [0.05, 0.1) is 16.6 Å². The van der Waals surface area contributed by atoms with Crippen LogP contribution in [0.25, 0.3) is 11.0 Å². The lowest BCUT2D eigenvalue weighted by molar-refractivity contribution is 0.0711. The van der Waals surface area contributed by atoms with Crippen LogP contribution < -0.4 is 5.56 Å². The first-order chi connectivity index (χ1) is 11.7. The maximum absolute atomic E-state index is 12.5. The summed E-state index contributed by atoms with van der Waals surface area (Å²) in [6, 6.07) is 11.0. The summed E-state index contributed by atoms with van der Waals surface area (Å²) < 4.78 is 0. The fourth-order valence-electron chi connectivity index (χ4n) is 3.25. The first-order valence-electron chi connectivity index (χ1n) is 8.13. The van der Waals surface area contributed by atoms with E-state index in [1.165, 1.54) is 12.3 Å². The average Bonchev–Trinajstić information content (AvgIpc) is 3.06. The number of nitrogens with one attached hydrogen (secondary N) is 2. The molecule has 3 aromatic rings. The van der Waals surface area contributed by atoms with Crippen molar-refractivity contribution in [3.63, 3.8) is 0 Å². The van der Waals surface area contributed by atoms with Crippen molar-refractivity contribution in [1.82, 2.24) is 19.9 Å². The Balaban J connectivity index is 1.45. The summed E-state index contributed by atoms with van der Waals surface area (Å²) in [5, 5.41) is 0. The minimum atomic E-state index is -0.199. The molecule has 0 aliphatic carbocycles.